The minimum absolute atomic E-state index is 0.657. The Morgan fingerprint density at radius 1 is 0.760 bits per heavy atom. The van der Waals surface area contributed by atoms with Gasteiger partial charge in [-0.2, -0.15) is 0 Å². The van der Waals surface area contributed by atoms with E-state index in [9.17, 15) is 4.79 Å². The molecule has 1 aliphatic heterocycles. The standard InChI is InChI=1S/C6H14O2.C4H10O2.C4H8O.C3H6O3/c1-3-7-5-6-8-4-2;1-5-3-4-6-2;1-2-4-5-3-1;1-5-3(4)6-2/h3-6H2,1-2H3;3-4H2,1-2H3;1-4H2;1-2H3. The molecule has 8 heteroatoms. The second kappa shape index (κ2) is 30.9. The fourth-order valence-corrected chi connectivity index (χ4v) is 1.17. The van der Waals surface area contributed by atoms with Gasteiger partial charge in [-0.1, -0.05) is 0 Å². The van der Waals surface area contributed by atoms with Gasteiger partial charge in [0.25, 0.3) is 0 Å². The van der Waals surface area contributed by atoms with Crippen molar-refractivity contribution in [2.24, 2.45) is 0 Å². The summed E-state index contributed by atoms with van der Waals surface area (Å²) in [4.78, 5) is 9.74. The predicted octanol–water partition coefficient (Wildman–Crippen LogP) is 2.53. The summed E-state index contributed by atoms with van der Waals surface area (Å²) >= 11 is 0. The fraction of sp³-hybridized carbons (Fsp3) is 0.941. The van der Waals surface area contributed by atoms with Crippen LogP contribution in [0.15, 0.2) is 0 Å². The Labute approximate surface area is 153 Å². The highest BCUT2D eigenvalue weighted by Crippen LogP contribution is 1.98. The number of carbonyl (C=O) groups excluding carboxylic acids is 1. The van der Waals surface area contributed by atoms with E-state index < -0.39 is 6.16 Å². The van der Waals surface area contributed by atoms with Gasteiger partial charge in [-0.25, -0.2) is 4.79 Å². The number of rotatable bonds is 8. The lowest BCUT2D eigenvalue weighted by Gasteiger charge is -1.99. The Kier molecular flexibility index (Phi) is 35.7. The van der Waals surface area contributed by atoms with Gasteiger partial charge in [0.1, 0.15) is 0 Å². The average molecular weight is 370 g/mol. The maximum Gasteiger partial charge on any atom is 0.507 e. The molecule has 0 radical (unpaired) electrons. The second-order valence-corrected chi connectivity index (χ2v) is 4.36. The summed E-state index contributed by atoms with van der Waals surface area (Å²) in [6.45, 7) is 10.4. The van der Waals surface area contributed by atoms with Crippen molar-refractivity contribution >= 4 is 6.16 Å². The fourth-order valence-electron chi connectivity index (χ4n) is 1.17. The molecule has 0 spiro atoms. The summed E-state index contributed by atoms with van der Waals surface area (Å²) in [6.07, 6.45) is 1.90. The van der Waals surface area contributed by atoms with Crippen LogP contribution in [0, 0.1) is 0 Å². The number of hydrogen-bond donors (Lipinski definition) is 0. The van der Waals surface area contributed by atoms with Crippen molar-refractivity contribution in [1.82, 2.24) is 0 Å². The second-order valence-electron chi connectivity index (χ2n) is 4.36. The SMILES string of the molecule is C1CCOC1.CCOCCOCC.COC(=O)OC.COCCOC. The molecule has 0 bridgehead atoms. The molecule has 1 aliphatic rings. The van der Waals surface area contributed by atoms with Crippen molar-refractivity contribution in [2.75, 3.05) is 81.3 Å². The summed E-state index contributed by atoms with van der Waals surface area (Å²) in [5.41, 5.74) is 0. The summed E-state index contributed by atoms with van der Waals surface area (Å²) in [5, 5.41) is 0. The number of methoxy groups -OCH3 is 4. The van der Waals surface area contributed by atoms with Crippen LogP contribution in [-0.4, -0.2) is 87.4 Å². The molecule has 1 fully saturated rings. The van der Waals surface area contributed by atoms with Crippen LogP contribution in [0.1, 0.15) is 26.7 Å². The largest absolute Gasteiger partial charge is 0.507 e. The highest BCUT2D eigenvalue weighted by molar-refractivity contribution is 5.59. The molecular formula is C17H38O8. The molecule has 0 amide bonds. The molecule has 25 heavy (non-hydrogen) atoms. The van der Waals surface area contributed by atoms with Crippen LogP contribution >= 0.6 is 0 Å². The number of carbonyl (C=O) groups is 1. The maximum atomic E-state index is 9.74. The normalized spacial score (nSPS) is 11.8. The third kappa shape index (κ3) is 39.7. The highest BCUT2D eigenvalue weighted by atomic mass is 16.7. The van der Waals surface area contributed by atoms with Crippen LogP contribution in [0.2, 0.25) is 0 Å². The molecule has 0 aromatic rings. The van der Waals surface area contributed by atoms with E-state index in [1.165, 1.54) is 27.1 Å². The molecule has 1 heterocycles. The van der Waals surface area contributed by atoms with E-state index >= 15 is 0 Å². The first-order chi connectivity index (χ1) is 12.1. The molecule has 0 aromatic carbocycles. The molecule has 0 aliphatic carbocycles. The maximum absolute atomic E-state index is 9.74. The van der Waals surface area contributed by atoms with Gasteiger partial charge in [0.2, 0.25) is 0 Å². The van der Waals surface area contributed by atoms with E-state index in [2.05, 4.69) is 18.9 Å². The zero-order chi connectivity index (χ0) is 19.6. The lowest BCUT2D eigenvalue weighted by molar-refractivity contribution is 0.0584. The monoisotopic (exact) mass is 370 g/mol. The lowest BCUT2D eigenvalue weighted by Crippen LogP contribution is -2.02. The Hall–Kier alpha value is -0.930. The summed E-state index contributed by atoms with van der Waals surface area (Å²) in [5.74, 6) is 0. The van der Waals surface area contributed by atoms with E-state index in [4.69, 9.17) is 14.2 Å². The van der Waals surface area contributed by atoms with Crippen molar-refractivity contribution in [3.05, 3.63) is 0 Å². The molecule has 1 rings (SSSR count). The third-order valence-corrected chi connectivity index (χ3v) is 2.43. The van der Waals surface area contributed by atoms with Crippen molar-refractivity contribution in [1.29, 1.82) is 0 Å². The summed E-state index contributed by atoms with van der Waals surface area (Å²) in [6, 6.07) is 0. The van der Waals surface area contributed by atoms with Crippen LogP contribution < -0.4 is 0 Å². The van der Waals surface area contributed by atoms with Gasteiger partial charge in [-0.3, -0.25) is 0 Å². The molecule has 154 valence electrons. The quantitative estimate of drug-likeness (QED) is 0.476. The van der Waals surface area contributed by atoms with Gasteiger partial charge < -0.3 is 33.2 Å². The molecule has 0 N–H and O–H groups in total. The Morgan fingerprint density at radius 2 is 1.16 bits per heavy atom. The minimum Gasteiger partial charge on any atom is -0.438 e. The highest BCUT2D eigenvalue weighted by Gasteiger charge is 1.94. The first-order valence-electron chi connectivity index (χ1n) is 8.47. The first-order valence-corrected chi connectivity index (χ1v) is 8.47. The average Bonchev–Trinajstić information content (AvgIpc) is 3.24. The zero-order valence-corrected chi connectivity index (χ0v) is 16.8. The van der Waals surface area contributed by atoms with Crippen molar-refractivity contribution < 1.29 is 38.0 Å². The van der Waals surface area contributed by atoms with Gasteiger partial charge in [0.05, 0.1) is 40.6 Å². The molecular weight excluding hydrogens is 332 g/mol. The van der Waals surface area contributed by atoms with Crippen LogP contribution in [0.5, 0.6) is 0 Å². The van der Waals surface area contributed by atoms with Crippen LogP contribution in [0.25, 0.3) is 0 Å². The topological polar surface area (TPSA) is 81.7 Å². The molecule has 0 aromatic heterocycles. The van der Waals surface area contributed by atoms with Crippen molar-refractivity contribution in [3.63, 3.8) is 0 Å². The molecule has 0 saturated carbocycles. The van der Waals surface area contributed by atoms with Gasteiger partial charge in [0, 0.05) is 40.6 Å². The van der Waals surface area contributed by atoms with Gasteiger partial charge >= 0.3 is 6.16 Å². The van der Waals surface area contributed by atoms with Gasteiger partial charge in [0.15, 0.2) is 0 Å². The third-order valence-electron chi connectivity index (χ3n) is 2.43. The molecule has 8 nitrogen and oxygen atoms in total. The van der Waals surface area contributed by atoms with E-state index in [1.807, 2.05) is 13.8 Å². The Balaban J connectivity index is -0.000000261. The zero-order valence-electron chi connectivity index (χ0n) is 16.8. The van der Waals surface area contributed by atoms with Gasteiger partial charge in [-0.15, -0.1) is 0 Å². The smallest absolute Gasteiger partial charge is 0.438 e. The van der Waals surface area contributed by atoms with Crippen molar-refractivity contribution in [3.8, 4) is 0 Å². The minimum atomic E-state index is -0.657. The summed E-state index contributed by atoms with van der Waals surface area (Å²) in [7, 11) is 5.82. The molecule has 0 atom stereocenters. The van der Waals surface area contributed by atoms with Crippen LogP contribution in [0.4, 0.5) is 4.79 Å². The predicted molar refractivity (Wildman–Crippen MR) is 96.2 cm³/mol. The van der Waals surface area contributed by atoms with E-state index in [0.29, 0.717) is 13.2 Å². The van der Waals surface area contributed by atoms with Crippen LogP contribution in [0.3, 0.4) is 0 Å². The molecule has 0 unspecified atom stereocenters. The van der Waals surface area contributed by atoms with E-state index in [1.54, 1.807) is 14.2 Å². The van der Waals surface area contributed by atoms with E-state index in [0.717, 1.165) is 39.6 Å². The number of hydrogen-bond acceptors (Lipinski definition) is 8. The van der Waals surface area contributed by atoms with Gasteiger partial charge in [-0.05, 0) is 26.7 Å². The Morgan fingerprint density at radius 3 is 1.32 bits per heavy atom. The molecule has 1 saturated heterocycles. The number of ether oxygens (including phenoxy) is 7. The van der Waals surface area contributed by atoms with Crippen LogP contribution in [-0.2, 0) is 33.2 Å². The summed E-state index contributed by atoms with van der Waals surface area (Å²) < 4.78 is 32.4. The van der Waals surface area contributed by atoms with Crippen molar-refractivity contribution in [2.45, 2.75) is 26.7 Å². The lowest BCUT2D eigenvalue weighted by atomic mass is 10.4. The Bertz CT molecular complexity index is 199. The first kappa shape index (κ1) is 28.9. The van der Waals surface area contributed by atoms with E-state index in [-0.39, 0.29) is 0 Å².